The molecule has 0 aliphatic heterocycles. The Balaban J connectivity index is 1.64. The van der Waals surface area contributed by atoms with Crippen LogP contribution >= 0.6 is 22.6 Å². The van der Waals surface area contributed by atoms with Gasteiger partial charge in [-0.3, -0.25) is 4.79 Å². The number of esters is 1. The molecule has 0 fully saturated rings. The van der Waals surface area contributed by atoms with Crippen LogP contribution in [0.3, 0.4) is 0 Å². The van der Waals surface area contributed by atoms with Gasteiger partial charge < -0.3 is 14.8 Å². The molecular weight excluding hydrogens is 428 g/mol. The lowest BCUT2D eigenvalue weighted by atomic mass is 10.2. The van der Waals surface area contributed by atoms with E-state index < -0.39 is 18.5 Å². The summed E-state index contributed by atoms with van der Waals surface area (Å²) < 4.78 is 23.9. The molecule has 0 aliphatic carbocycles. The number of hydrogen-bond acceptors (Lipinski definition) is 4. The third kappa shape index (κ3) is 6.53. The standard InChI is InChI=1S/C17H15FINO4/c18-13-3-1-12(2-4-13)9-20-16(21)10-24-17(22)11-23-15-7-5-14(19)6-8-15/h1-8H,9-11H2,(H,20,21). The molecule has 24 heavy (non-hydrogen) atoms. The smallest absolute Gasteiger partial charge is 0.344 e. The number of halogens is 2. The number of carbonyl (C=O) groups is 2. The molecule has 2 aromatic carbocycles. The maximum Gasteiger partial charge on any atom is 0.344 e. The van der Waals surface area contributed by atoms with Crippen molar-refractivity contribution in [1.29, 1.82) is 0 Å². The van der Waals surface area contributed by atoms with E-state index in [-0.39, 0.29) is 19.0 Å². The van der Waals surface area contributed by atoms with E-state index in [4.69, 9.17) is 9.47 Å². The quantitative estimate of drug-likeness (QED) is 0.528. The molecule has 0 spiro atoms. The Morgan fingerprint density at radius 1 is 1.00 bits per heavy atom. The predicted molar refractivity (Wildman–Crippen MR) is 93.9 cm³/mol. The predicted octanol–water partition coefficient (Wildman–Crippen LogP) is 2.67. The summed E-state index contributed by atoms with van der Waals surface area (Å²) in [5.41, 5.74) is 0.748. The first-order chi connectivity index (χ1) is 11.5. The van der Waals surface area contributed by atoms with Crippen molar-refractivity contribution in [2.24, 2.45) is 0 Å². The first kappa shape index (κ1) is 18.2. The van der Waals surface area contributed by atoms with Gasteiger partial charge in [0.05, 0.1) is 0 Å². The zero-order valence-electron chi connectivity index (χ0n) is 12.6. The highest BCUT2D eigenvalue weighted by Gasteiger charge is 2.08. The van der Waals surface area contributed by atoms with Crippen molar-refractivity contribution in [3.63, 3.8) is 0 Å². The number of amides is 1. The van der Waals surface area contributed by atoms with E-state index in [1.165, 1.54) is 12.1 Å². The van der Waals surface area contributed by atoms with Crippen LogP contribution in [0.5, 0.6) is 5.75 Å². The van der Waals surface area contributed by atoms with E-state index in [1.807, 2.05) is 12.1 Å². The second kappa shape index (κ2) is 9.21. The van der Waals surface area contributed by atoms with Crippen LogP contribution in [0, 0.1) is 9.39 Å². The van der Waals surface area contributed by atoms with Crippen molar-refractivity contribution in [3.8, 4) is 5.75 Å². The van der Waals surface area contributed by atoms with E-state index in [0.717, 1.165) is 9.13 Å². The molecule has 0 radical (unpaired) electrons. The highest BCUT2D eigenvalue weighted by Crippen LogP contribution is 2.13. The molecule has 0 aromatic heterocycles. The number of hydrogen-bond donors (Lipinski definition) is 1. The second-order valence-electron chi connectivity index (χ2n) is 4.81. The fraction of sp³-hybridized carbons (Fsp3) is 0.176. The number of carbonyl (C=O) groups excluding carboxylic acids is 2. The average molecular weight is 443 g/mol. The fourth-order valence-electron chi connectivity index (χ4n) is 1.71. The molecule has 5 nitrogen and oxygen atoms in total. The number of rotatable bonds is 7. The Labute approximate surface area is 152 Å². The number of benzene rings is 2. The van der Waals surface area contributed by atoms with Crippen LogP contribution in [0.1, 0.15) is 5.56 Å². The molecule has 7 heteroatoms. The third-order valence-electron chi connectivity index (χ3n) is 2.94. The molecule has 2 rings (SSSR count). The van der Waals surface area contributed by atoms with Crippen LogP contribution in [0.25, 0.3) is 0 Å². The SMILES string of the molecule is O=C(COC(=O)COc1ccc(I)cc1)NCc1ccc(F)cc1. The van der Waals surface area contributed by atoms with Crippen LogP contribution < -0.4 is 10.1 Å². The highest BCUT2D eigenvalue weighted by molar-refractivity contribution is 14.1. The molecular formula is C17H15FINO4. The van der Waals surface area contributed by atoms with E-state index in [0.29, 0.717) is 5.75 Å². The summed E-state index contributed by atoms with van der Waals surface area (Å²) in [6.07, 6.45) is 0. The van der Waals surface area contributed by atoms with Gasteiger partial charge in [0, 0.05) is 10.1 Å². The molecule has 126 valence electrons. The maximum absolute atomic E-state index is 12.8. The summed E-state index contributed by atoms with van der Waals surface area (Å²) in [6, 6.07) is 12.9. The molecule has 0 saturated heterocycles. The monoisotopic (exact) mass is 443 g/mol. The summed E-state index contributed by atoms with van der Waals surface area (Å²) in [7, 11) is 0. The Kier molecular flexibility index (Phi) is 6.98. The van der Waals surface area contributed by atoms with Crippen molar-refractivity contribution in [3.05, 3.63) is 63.5 Å². The minimum Gasteiger partial charge on any atom is -0.482 e. The van der Waals surface area contributed by atoms with Gasteiger partial charge in [0.2, 0.25) is 0 Å². The maximum atomic E-state index is 12.8. The first-order valence-electron chi connectivity index (χ1n) is 7.08. The van der Waals surface area contributed by atoms with Crippen molar-refractivity contribution in [1.82, 2.24) is 5.32 Å². The van der Waals surface area contributed by atoms with Crippen molar-refractivity contribution >= 4 is 34.5 Å². The van der Waals surface area contributed by atoms with E-state index in [1.54, 1.807) is 24.3 Å². The molecule has 0 atom stereocenters. The summed E-state index contributed by atoms with van der Waals surface area (Å²) in [4.78, 5) is 23.1. The number of ether oxygens (including phenoxy) is 2. The van der Waals surface area contributed by atoms with Gasteiger partial charge in [-0.25, -0.2) is 9.18 Å². The lowest BCUT2D eigenvalue weighted by molar-refractivity contribution is -0.150. The lowest BCUT2D eigenvalue weighted by Gasteiger charge is -2.08. The zero-order chi connectivity index (χ0) is 17.4. The average Bonchev–Trinajstić information content (AvgIpc) is 2.59. The molecule has 0 heterocycles. The highest BCUT2D eigenvalue weighted by atomic mass is 127. The Bertz CT molecular complexity index is 627. The minimum absolute atomic E-state index is 0.232. The van der Waals surface area contributed by atoms with Gasteiger partial charge in [-0.05, 0) is 64.6 Å². The van der Waals surface area contributed by atoms with Crippen LogP contribution in [-0.2, 0) is 20.9 Å². The Hall–Kier alpha value is -2.16. The zero-order valence-corrected chi connectivity index (χ0v) is 14.8. The molecule has 0 aliphatic rings. The molecule has 1 N–H and O–H groups in total. The van der Waals surface area contributed by atoms with Crippen LogP contribution in [-0.4, -0.2) is 25.1 Å². The van der Waals surface area contributed by atoms with Crippen molar-refractivity contribution in [2.45, 2.75) is 6.54 Å². The summed E-state index contributed by atoms with van der Waals surface area (Å²) >= 11 is 2.16. The van der Waals surface area contributed by atoms with Gasteiger partial charge >= 0.3 is 5.97 Å². The van der Waals surface area contributed by atoms with Crippen LogP contribution in [0.2, 0.25) is 0 Å². The third-order valence-corrected chi connectivity index (χ3v) is 3.66. The molecule has 0 bridgehead atoms. The van der Waals surface area contributed by atoms with Gasteiger partial charge in [0.15, 0.2) is 13.2 Å². The largest absolute Gasteiger partial charge is 0.482 e. The van der Waals surface area contributed by atoms with Gasteiger partial charge in [0.25, 0.3) is 5.91 Å². The fourth-order valence-corrected chi connectivity index (χ4v) is 2.07. The van der Waals surface area contributed by atoms with Crippen LogP contribution in [0.15, 0.2) is 48.5 Å². The Morgan fingerprint density at radius 2 is 1.67 bits per heavy atom. The van der Waals surface area contributed by atoms with E-state index in [9.17, 15) is 14.0 Å². The van der Waals surface area contributed by atoms with Gasteiger partial charge in [-0.1, -0.05) is 12.1 Å². The topological polar surface area (TPSA) is 64.6 Å². The van der Waals surface area contributed by atoms with E-state index in [2.05, 4.69) is 27.9 Å². The van der Waals surface area contributed by atoms with Gasteiger partial charge in [-0.15, -0.1) is 0 Å². The second-order valence-corrected chi connectivity index (χ2v) is 6.05. The van der Waals surface area contributed by atoms with Gasteiger partial charge in [-0.2, -0.15) is 0 Å². The first-order valence-corrected chi connectivity index (χ1v) is 8.16. The van der Waals surface area contributed by atoms with E-state index >= 15 is 0 Å². The summed E-state index contributed by atoms with van der Waals surface area (Å²) in [6.45, 7) is -0.433. The number of nitrogens with one attached hydrogen (secondary N) is 1. The van der Waals surface area contributed by atoms with Crippen molar-refractivity contribution < 1.29 is 23.5 Å². The lowest BCUT2D eigenvalue weighted by Crippen LogP contribution is -2.29. The molecule has 0 saturated carbocycles. The molecule has 0 unspecified atom stereocenters. The summed E-state index contributed by atoms with van der Waals surface area (Å²) in [5.74, 6) is -0.868. The molecule has 2 aromatic rings. The molecule has 1 amide bonds. The minimum atomic E-state index is -0.634. The normalized spacial score (nSPS) is 10.1. The van der Waals surface area contributed by atoms with Crippen LogP contribution in [0.4, 0.5) is 4.39 Å². The summed E-state index contributed by atoms with van der Waals surface area (Å²) in [5, 5.41) is 2.57. The van der Waals surface area contributed by atoms with Crippen molar-refractivity contribution in [2.75, 3.05) is 13.2 Å². The Morgan fingerprint density at radius 3 is 2.33 bits per heavy atom. The van der Waals surface area contributed by atoms with Gasteiger partial charge in [0.1, 0.15) is 11.6 Å².